The third kappa shape index (κ3) is 3.24. The SMILES string of the molecule is O=C(CC1CCc2ccccc2C1)N1CCC(C(=O)O)(C(F)(F)F)C1. The van der Waals surface area contributed by atoms with E-state index in [-0.39, 0.29) is 24.8 Å². The first kappa shape index (κ1) is 17.8. The number of halogens is 3. The Hall–Kier alpha value is -2.05. The molecule has 0 aromatic heterocycles. The number of carboxylic acids is 1. The van der Waals surface area contributed by atoms with Crippen LogP contribution in [0.1, 0.15) is 30.4 Å². The van der Waals surface area contributed by atoms with Gasteiger partial charge in [0.05, 0.1) is 0 Å². The minimum absolute atomic E-state index is 0.0908. The third-order valence-electron chi connectivity index (χ3n) is 5.49. The Labute approximate surface area is 143 Å². The molecular weight excluding hydrogens is 335 g/mol. The van der Waals surface area contributed by atoms with Crippen molar-refractivity contribution in [3.05, 3.63) is 35.4 Å². The molecule has 2 unspecified atom stereocenters. The van der Waals surface area contributed by atoms with Gasteiger partial charge in [-0.15, -0.1) is 0 Å². The highest BCUT2D eigenvalue weighted by molar-refractivity contribution is 5.81. The quantitative estimate of drug-likeness (QED) is 0.907. The van der Waals surface area contributed by atoms with Crippen LogP contribution in [0.25, 0.3) is 0 Å². The maximum absolute atomic E-state index is 13.2. The molecule has 0 radical (unpaired) electrons. The number of carboxylic acid groups (broad SMARTS) is 1. The lowest BCUT2D eigenvalue weighted by molar-refractivity contribution is -0.227. The number of nitrogens with zero attached hydrogens (tertiary/aromatic N) is 1. The van der Waals surface area contributed by atoms with Crippen LogP contribution in [-0.4, -0.2) is 41.1 Å². The van der Waals surface area contributed by atoms with Gasteiger partial charge in [-0.25, -0.2) is 0 Å². The Morgan fingerprint density at radius 1 is 1.24 bits per heavy atom. The van der Waals surface area contributed by atoms with Crippen LogP contribution in [0.5, 0.6) is 0 Å². The predicted octanol–water partition coefficient (Wildman–Crippen LogP) is 3.05. The first-order chi connectivity index (χ1) is 11.7. The molecule has 1 heterocycles. The van der Waals surface area contributed by atoms with E-state index >= 15 is 0 Å². The molecule has 1 fully saturated rings. The first-order valence-electron chi connectivity index (χ1n) is 8.37. The van der Waals surface area contributed by atoms with Gasteiger partial charge in [-0.1, -0.05) is 24.3 Å². The molecule has 1 amide bonds. The van der Waals surface area contributed by atoms with Crippen molar-refractivity contribution in [2.45, 2.75) is 38.3 Å². The van der Waals surface area contributed by atoms with Gasteiger partial charge in [0, 0.05) is 19.5 Å². The summed E-state index contributed by atoms with van der Waals surface area (Å²) < 4.78 is 39.6. The average Bonchev–Trinajstić information content (AvgIpc) is 3.01. The fourth-order valence-corrected chi connectivity index (χ4v) is 3.87. The van der Waals surface area contributed by atoms with Crippen LogP contribution in [0.4, 0.5) is 13.2 Å². The Morgan fingerprint density at radius 3 is 2.52 bits per heavy atom. The summed E-state index contributed by atoms with van der Waals surface area (Å²) in [6.07, 6.45) is -2.86. The van der Waals surface area contributed by atoms with Gasteiger partial charge >= 0.3 is 12.1 Å². The Kier molecular flexibility index (Phi) is 4.51. The zero-order chi connectivity index (χ0) is 18.2. The van der Waals surface area contributed by atoms with Gasteiger partial charge in [0.15, 0.2) is 5.41 Å². The van der Waals surface area contributed by atoms with Crippen molar-refractivity contribution in [2.24, 2.45) is 11.3 Å². The van der Waals surface area contributed by atoms with E-state index in [4.69, 9.17) is 5.11 Å². The van der Waals surface area contributed by atoms with Crippen LogP contribution in [0, 0.1) is 11.3 Å². The van der Waals surface area contributed by atoms with Gasteiger partial charge in [0.1, 0.15) is 0 Å². The number of carbonyl (C=O) groups is 2. The number of benzene rings is 1. The molecule has 1 saturated heterocycles. The minimum atomic E-state index is -4.86. The lowest BCUT2D eigenvalue weighted by Crippen LogP contribution is -2.47. The van der Waals surface area contributed by atoms with Gasteiger partial charge in [0.25, 0.3) is 0 Å². The van der Waals surface area contributed by atoms with Crippen LogP contribution >= 0.6 is 0 Å². The van der Waals surface area contributed by atoms with Crippen molar-refractivity contribution in [1.82, 2.24) is 4.90 Å². The molecule has 0 saturated carbocycles. The lowest BCUT2D eigenvalue weighted by atomic mass is 9.82. The number of fused-ring (bicyclic) bond motifs is 1. The van der Waals surface area contributed by atoms with Crippen LogP contribution in [0.3, 0.4) is 0 Å². The second-order valence-electron chi connectivity index (χ2n) is 7.03. The second kappa shape index (κ2) is 6.35. The van der Waals surface area contributed by atoms with Gasteiger partial charge in [-0.2, -0.15) is 13.2 Å². The number of amides is 1. The fraction of sp³-hybridized carbons (Fsp3) is 0.556. The number of alkyl halides is 3. The maximum Gasteiger partial charge on any atom is 0.406 e. The summed E-state index contributed by atoms with van der Waals surface area (Å²) in [4.78, 5) is 24.7. The van der Waals surface area contributed by atoms with Crippen molar-refractivity contribution >= 4 is 11.9 Å². The van der Waals surface area contributed by atoms with Crippen molar-refractivity contribution in [3.8, 4) is 0 Å². The Morgan fingerprint density at radius 2 is 1.92 bits per heavy atom. The molecule has 7 heteroatoms. The molecule has 1 aliphatic heterocycles. The Balaban J connectivity index is 1.65. The number of aryl methyl sites for hydroxylation is 1. The largest absolute Gasteiger partial charge is 0.481 e. The van der Waals surface area contributed by atoms with Crippen LogP contribution in [0.2, 0.25) is 0 Å². The van der Waals surface area contributed by atoms with Crippen LogP contribution < -0.4 is 0 Å². The fourth-order valence-electron chi connectivity index (χ4n) is 3.87. The predicted molar refractivity (Wildman–Crippen MR) is 83.9 cm³/mol. The van der Waals surface area contributed by atoms with Gasteiger partial charge in [-0.05, 0) is 42.7 Å². The monoisotopic (exact) mass is 355 g/mol. The summed E-state index contributed by atoms with van der Waals surface area (Å²) in [5.74, 6) is -2.19. The lowest BCUT2D eigenvalue weighted by Gasteiger charge is -2.28. The molecule has 136 valence electrons. The second-order valence-corrected chi connectivity index (χ2v) is 7.03. The van der Waals surface area contributed by atoms with Crippen molar-refractivity contribution in [1.29, 1.82) is 0 Å². The minimum Gasteiger partial charge on any atom is -0.481 e. The molecule has 2 aliphatic rings. The number of likely N-dealkylation sites (tertiary alicyclic amines) is 1. The van der Waals surface area contributed by atoms with E-state index in [1.54, 1.807) is 0 Å². The van der Waals surface area contributed by atoms with E-state index in [2.05, 4.69) is 6.07 Å². The molecule has 0 bridgehead atoms. The summed E-state index contributed by atoms with van der Waals surface area (Å²) in [5, 5.41) is 9.07. The number of hydrogen-bond acceptors (Lipinski definition) is 2. The molecule has 0 spiro atoms. The normalized spacial score (nSPS) is 26.4. The van der Waals surface area contributed by atoms with Gasteiger partial charge in [0.2, 0.25) is 5.91 Å². The number of aliphatic carboxylic acids is 1. The van der Waals surface area contributed by atoms with Crippen LogP contribution in [0.15, 0.2) is 24.3 Å². The molecule has 1 N–H and O–H groups in total. The first-order valence-corrected chi connectivity index (χ1v) is 8.37. The van der Waals surface area contributed by atoms with E-state index < -0.39 is 30.5 Å². The van der Waals surface area contributed by atoms with Crippen molar-refractivity contribution in [2.75, 3.05) is 13.1 Å². The highest BCUT2D eigenvalue weighted by Gasteiger charge is 2.64. The van der Waals surface area contributed by atoms with Crippen molar-refractivity contribution in [3.63, 3.8) is 0 Å². The summed E-state index contributed by atoms with van der Waals surface area (Å²) in [5.41, 5.74) is -0.389. The van der Waals surface area contributed by atoms with E-state index in [0.717, 1.165) is 24.2 Å². The third-order valence-corrected chi connectivity index (χ3v) is 5.49. The van der Waals surface area contributed by atoms with E-state index in [1.807, 2.05) is 18.2 Å². The molecule has 1 aliphatic carbocycles. The summed E-state index contributed by atoms with van der Waals surface area (Å²) in [7, 11) is 0. The molecule has 1 aromatic rings. The molecule has 2 atom stereocenters. The summed E-state index contributed by atoms with van der Waals surface area (Å²) >= 11 is 0. The molecule has 3 rings (SSSR count). The van der Waals surface area contributed by atoms with Crippen LogP contribution in [-0.2, 0) is 22.4 Å². The van der Waals surface area contributed by atoms with Gasteiger partial charge < -0.3 is 10.0 Å². The molecule has 25 heavy (non-hydrogen) atoms. The van der Waals surface area contributed by atoms with E-state index in [9.17, 15) is 22.8 Å². The number of rotatable bonds is 3. The highest BCUT2D eigenvalue weighted by Crippen LogP contribution is 2.46. The molecule has 1 aromatic carbocycles. The highest BCUT2D eigenvalue weighted by atomic mass is 19.4. The zero-order valence-electron chi connectivity index (χ0n) is 13.7. The molecule has 4 nitrogen and oxygen atoms in total. The standard InChI is InChI=1S/C18H20F3NO3/c19-18(20,21)17(16(24)25)7-8-22(11-17)15(23)10-12-5-6-13-3-1-2-4-14(13)9-12/h1-4,12H,5-11H2,(H,24,25). The van der Waals surface area contributed by atoms with E-state index in [1.165, 1.54) is 11.1 Å². The average molecular weight is 355 g/mol. The summed E-state index contributed by atoms with van der Waals surface area (Å²) in [6.45, 7) is -0.943. The molecular formula is C18H20F3NO3. The number of carbonyl (C=O) groups excluding carboxylic acids is 1. The van der Waals surface area contributed by atoms with Gasteiger partial charge in [-0.3, -0.25) is 9.59 Å². The number of hydrogen-bond donors (Lipinski definition) is 1. The zero-order valence-corrected chi connectivity index (χ0v) is 13.7. The summed E-state index contributed by atoms with van der Waals surface area (Å²) in [6, 6.07) is 7.98. The van der Waals surface area contributed by atoms with E-state index in [0.29, 0.717) is 0 Å². The Bertz CT molecular complexity index is 688. The maximum atomic E-state index is 13.2. The smallest absolute Gasteiger partial charge is 0.406 e. The topological polar surface area (TPSA) is 57.6 Å². The van der Waals surface area contributed by atoms with Crippen molar-refractivity contribution < 1.29 is 27.9 Å².